The average molecular weight is 625 g/mol. The van der Waals surface area contributed by atoms with Crippen molar-refractivity contribution in [1.29, 1.82) is 0 Å². The number of aromatic nitrogens is 2. The summed E-state index contributed by atoms with van der Waals surface area (Å²) in [6, 6.07) is 12.8. The Morgan fingerprint density at radius 1 is 1.08 bits per heavy atom. The van der Waals surface area contributed by atoms with Crippen LogP contribution in [0.25, 0.3) is 10.9 Å². The minimum Gasteiger partial charge on any atom is -0.405 e. The molecule has 1 fully saturated rings. The van der Waals surface area contributed by atoms with E-state index in [0.717, 1.165) is 49.2 Å². The maximum Gasteiger partial charge on any atom is 0.573 e. The second-order valence-corrected chi connectivity index (χ2v) is 9.91. The molecule has 1 aliphatic heterocycles. The molecule has 2 aromatic carbocycles. The molecular weight excluding hydrogens is 594 g/mol. The first-order valence-corrected chi connectivity index (χ1v) is 12.4. The number of anilines is 2. The maximum atomic E-state index is 12.8. The highest BCUT2D eigenvalue weighted by molar-refractivity contribution is 9.10. The zero-order valence-corrected chi connectivity index (χ0v) is 23.8. The number of alkyl halides is 3. The van der Waals surface area contributed by atoms with Crippen molar-refractivity contribution in [2.45, 2.75) is 25.6 Å². The van der Waals surface area contributed by atoms with Crippen LogP contribution < -0.4 is 15.0 Å². The van der Waals surface area contributed by atoms with E-state index in [2.05, 4.69) is 35.9 Å². The number of para-hydroxylation sites is 1. The van der Waals surface area contributed by atoms with Gasteiger partial charge in [-0.1, -0.05) is 34.1 Å². The van der Waals surface area contributed by atoms with Crippen molar-refractivity contribution in [3.63, 3.8) is 0 Å². The zero-order valence-electron chi connectivity index (χ0n) is 20.6. The lowest BCUT2D eigenvalue weighted by Crippen LogP contribution is -2.37. The number of benzene rings is 2. The van der Waals surface area contributed by atoms with E-state index in [1.807, 2.05) is 43.3 Å². The number of likely N-dealkylation sites (tertiary alicyclic amines) is 1. The van der Waals surface area contributed by atoms with Gasteiger partial charge in [-0.2, -0.15) is 4.98 Å². The van der Waals surface area contributed by atoms with Crippen LogP contribution in [0.2, 0.25) is 0 Å². The largest absolute Gasteiger partial charge is 0.573 e. The van der Waals surface area contributed by atoms with Crippen LogP contribution in [0.3, 0.4) is 0 Å². The number of halogens is 6. The molecule has 0 radical (unpaired) electrons. The highest BCUT2D eigenvalue weighted by Crippen LogP contribution is 2.30. The van der Waals surface area contributed by atoms with Gasteiger partial charge in [0.1, 0.15) is 11.6 Å². The fourth-order valence-corrected chi connectivity index (χ4v) is 4.70. The quantitative estimate of drug-likeness (QED) is 0.306. The fourth-order valence-electron chi connectivity index (χ4n) is 4.36. The molecule has 3 aromatic rings. The van der Waals surface area contributed by atoms with Gasteiger partial charge < -0.3 is 19.9 Å². The number of hydrogen-bond acceptors (Lipinski definition) is 6. The van der Waals surface area contributed by atoms with Crippen LogP contribution in [0.1, 0.15) is 18.4 Å². The second-order valence-electron chi connectivity index (χ2n) is 9.00. The van der Waals surface area contributed by atoms with Gasteiger partial charge in [0.05, 0.1) is 5.52 Å². The topological polar surface area (TPSA) is 53.5 Å². The molecule has 1 aromatic heterocycles. The van der Waals surface area contributed by atoms with Gasteiger partial charge >= 0.3 is 6.36 Å². The third kappa shape index (κ3) is 8.77. The summed E-state index contributed by atoms with van der Waals surface area (Å²) in [4.78, 5) is 13.7. The molecule has 0 bridgehead atoms. The molecule has 4 rings (SSSR count). The summed E-state index contributed by atoms with van der Waals surface area (Å²) in [6.45, 7) is 3.28. The summed E-state index contributed by atoms with van der Waals surface area (Å²) < 4.78 is 43.1. The Morgan fingerprint density at radius 3 is 2.46 bits per heavy atom. The van der Waals surface area contributed by atoms with Gasteiger partial charge in [-0.05, 0) is 68.1 Å². The predicted octanol–water partition coefficient (Wildman–Crippen LogP) is 6.57. The van der Waals surface area contributed by atoms with Crippen LogP contribution in [0.5, 0.6) is 5.75 Å². The van der Waals surface area contributed by atoms with E-state index in [1.54, 1.807) is 12.1 Å². The van der Waals surface area contributed by atoms with Crippen molar-refractivity contribution in [2.75, 3.05) is 50.5 Å². The van der Waals surface area contributed by atoms with Gasteiger partial charge in [0.25, 0.3) is 0 Å². The zero-order chi connectivity index (χ0) is 25.0. The smallest absolute Gasteiger partial charge is 0.405 e. The standard InChI is InChI=1S/C25H29BrF3N5O.2ClH/c1-33(2)23-20-5-3-4-6-21(20)31-24(32-23)30-16-17-9-12-34(13-10-17)14-11-18-7-8-19(26)15-22(18)35-25(27,28)29;;/h3-8,15,17H,9-14,16H2,1-2H3,(H,30,31,32);2*1H. The first kappa shape index (κ1) is 31.2. The minimum absolute atomic E-state index is 0. The van der Waals surface area contributed by atoms with Gasteiger partial charge in [-0.25, -0.2) is 4.98 Å². The summed E-state index contributed by atoms with van der Waals surface area (Å²) >= 11 is 3.22. The Balaban J connectivity index is 0.00000241. The Hall–Kier alpha value is -2.01. The third-order valence-electron chi connectivity index (χ3n) is 6.21. The average Bonchev–Trinajstić information content (AvgIpc) is 2.81. The molecule has 0 saturated carbocycles. The SMILES string of the molecule is CN(C)c1nc(NCC2CCN(CCc3ccc(Br)cc3OC(F)(F)F)CC2)nc2ccccc12.Cl.Cl. The fraction of sp³-hybridized carbons (Fsp3) is 0.440. The number of fused-ring (bicyclic) bond motifs is 1. The van der Waals surface area contributed by atoms with Crippen molar-refractivity contribution in [3.8, 4) is 5.75 Å². The van der Waals surface area contributed by atoms with Crippen molar-refractivity contribution in [2.24, 2.45) is 5.92 Å². The molecule has 1 aliphatic rings. The summed E-state index contributed by atoms with van der Waals surface area (Å²) in [5.74, 6) is 1.86. The molecule has 2 heterocycles. The Bertz CT molecular complexity index is 1160. The van der Waals surface area contributed by atoms with Gasteiger partial charge in [0.2, 0.25) is 5.95 Å². The number of hydrogen-bond donors (Lipinski definition) is 1. The van der Waals surface area contributed by atoms with E-state index in [1.165, 1.54) is 6.07 Å². The lowest BCUT2D eigenvalue weighted by atomic mass is 9.96. The van der Waals surface area contributed by atoms with Gasteiger partial charge in [0, 0.05) is 37.0 Å². The van der Waals surface area contributed by atoms with E-state index in [9.17, 15) is 13.2 Å². The van der Waals surface area contributed by atoms with Gasteiger partial charge in [-0.15, -0.1) is 38.0 Å². The molecule has 0 spiro atoms. The molecule has 0 atom stereocenters. The molecule has 0 aliphatic carbocycles. The normalized spacial score (nSPS) is 14.5. The van der Waals surface area contributed by atoms with Crippen molar-refractivity contribution in [1.82, 2.24) is 14.9 Å². The Morgan fingerprint density at radius 2 is 1.78 bits per heavy atom. The molecule has 37 heavy (non-hydrogen) atoms. The lowest BCUT2D eigenvalue weighted by molar-refractivity contribution is -0.274. The Kier molecular flexibility index (Phi) is 11.5. The van der Waals surface area contributed by atoms with Crippen LogP contribution >= 0.6 is 40.7 Å². The van der Waals surface area contributed by atoms with Gasteiger partial charge in [0.15, 0.2) is 0 Å². The maximum absolute atomic E-state index is 12.8. The van der Waals surface area contributed by atoms with Crippen molar-refractivity contribution in [3.05, 3.63) is 52.5 Å². The predicted molar refractivity (Wildman–Crippen MR) is 151 cm³/mol. The second kappa shape index (κ2) is 13.7. The van der Waals surface area contributed by atoms with E-state index in [-0.39, 0.29) is 30.6 Å². The van der Waals surface area contributed by atoms with E-state index < -0.39 is 6.36 Å². The van der Waals surface area contributed by atoms with E-state index >= 15 is 0 Å². The first-order chi connectivity index (χ1) is 16.7. The highest BCUT2D eigenvalue weighted by atomic mass is 79.9. The molecule has 6 nitrogen and oxygen atoms in total. The molecule has 0 unspecified atom stereocenters. The Labute approximate surface area is 235 Å². The van der Waals surface area contributed by atoms with Crippen LogP contribution in [0.15, 0.2) is 46.9 Å². The molecule has 1 saturated heterocycles. The number of nitrogens with zero attached hydrogens (tertiary/aromatic N) is 4. The number of ether oxygens (including phenoxy) is 1. The van der Waals surface area contributed by atoms with Crippen LogP contribution in [0.4, 0.5) is 24.9 Å². The summed E-state index contributed by atoms with van der Waals surface area (Å²) in [7, 11) is 3.95. The number of rotatable bonds is 8. The van der Waals surface area contributed by atoms with Gasteiger partial charge in [-0.3, -0.25) is 0 Å². The first-order valence-electron chi connectivity index (χ1n) is 11.6. The number of nitrogens with one attached hydrogen (secondary N) is 1. The molecule has 12 heteroatoms. The lowest BCUT2D eigenvalue weighted by Gasteiger charge is -2.32. The van der Waals surface area contributed by atoms with Crippen molar-refractivity contribution >= 4 is 63.4 Å². The minimum atomic E-state index is -4.71. The summed E-state index contributed by atoms with van der Waals surface area (Å²) in [5, 5.41) is 4.43. The van der Waals surface area contributed by atoms with E-state index in [0.29, 0.717) is 34.9 Å². The molecule has 1 N–H and O–H groups in total. The molecule has 204 valence electrons. The van der Waals surface area contributed by atoms with Crippen LogP contribution in [-0.2, 0) is 6.42 Å². The monoisotopic (exact) mass is 623 g/mol. The van der Waals surface area contributed by atoms with Crippen molar-refractivity contribution < 1.29 is 17.9 Å². The van der Waals surface area contributed by atoms with E-state index in [4.69, 9.17) is 4.98 Å². The summed E-state index contributed by atoms with van der Waals surface area (Å²) in [5.41, 5.74) is 1.46. The van der Waals surface area contributed by atoms with Crippen LogP contribution in [-0.4, -0.2) is 61.5 Å². The summed E-state index contributed by atoms with van der Waals surface area (Å²) in [6.07, 6.45) is -2.19. The van der Waals surface area contributed by atoms with Crippen LogP contribution in [0, 0.1) is 5.92 Å². The molecular formula is C25H31BrCl2F3N5O. The molecule has 0 amide bonds. The highest BCUT2D eigenvalue weighted by Gasteiger charge is 2.32. The third-order valence-corrected chi connectivity index (χ3v) is 6.71. The number of piperidine rings is 1.